The van der Waals surface area contributed by atoms with Crippen molar-refractivity contribution in [3.63, 3.8) is 0 Å². The van der Waals surface area contributed by atoms with Crippen molar-refractivity contribution >= 4 is 5.91 Å². The van der Waals surface area contributed by atoms with E-state index in [1.807, 2.05) is 35.2 Å². The Morgan fingerprint density at radius 1 is 1.08 bits per heavy atom. The molecule has 2 fully saturated rings. The van der Waals surface area contributed by atoms with Gasteiger partial charge in [0.1, 0.15) is 11.6 Å². The lowest BCUT2D eigenvalue weighted by atomic mass is 10.0. The maximum atomic E-state index is 13.7. The molecule has 0 spiro atoms. The lowest BCUT2D eigenvalue weighted by molar-refractivity contribution is -0.137. The minimum atomic E-state index is -0.308. The van der Waals surface area contributed by atoms with Crippen LogP contribution in [0.5, 0.6) is 11.6 Å². The SMILES string of the molecule is CCc1nn(-c2ccc(F)cc2)c(Oc2ccccc2)c1CN(CC1CCCO1)C(=O)C1CCCC1. The number of hydrogen-bond donors (Lipinski definition) is 0. The zero-order valence-electron chi connectivity index (χ0n) is 20.9. The Morgan fingerprint density at radius 2 is 1.83 bits per heavy atom. The second-order valence-electron chi connectivity index (χ2n) is 9.72. The van der Waals surface area contributed by atoms with Gasteiger partial charge < -0.3 is 14.4 Å². The van der Waals surface area contributed by atoms with Crippen LogP contribution in [0.25, 0.3) is 5.69 Å². The lowest BCUT2D eigenvalue weighted by Gasteiger charge is -2.28. The minimum absolute atomic E-state index is 0.0612. The molecule has 0 radical (unpaired) electrons. The summed E-state index contributed by atoms with van der Waals surface area (Å²) in [5.41, 5.74) is 2.45. The largest absolute Gasteiger partial charge is 0.439 e. The minimum Gasteiger partial charge on any atom is -0.439 e. The highest BCUT2D eigenvalue weighted by molar-refractivity contribution is 5.79. The Hall–Kier alpha value is -3.19. The highest BCUT2D eigenvalue weighted by Crippen LogP contribution is 2.34. The summed E-state index contributed by atoms with van der Waals surface area (Å²) in [5.74, 6) is 1.20. The van der Waals surface area contributed by atoms with Crippen LogP contribution < -0.4 is 4.74 Å². The Bertz CT molecular complexity index is 1150. The van der Waals surface area contributed by atoms with E-state index < -0.39 is 0 Å². The number of halogens is 1. The molecule has 190 valence electrons. The molecule has 5 rings (SSSR count). The van der Waals surface area contributed by atoms with Crippen LogP contribution in [0.3, 0.4) is 0 Å². The zero-order valence-corrected chi connectivity index (χ0v) is 20.9. The van der Waals surface area contributed by atoms with Crippen molar-refractivity contribution in [1.29, 1.82) is 0 Å². The lowest BCUT2D eigenvalue weighted by Crippen LogP contribution is -2.40. The van der Waals surface area contributed by atoms with Crippen molar-refractivity contribution in [2.45, 2.75) is 64.5 Å². The molecule has 2 aromatic carbocycles. The number of ether oxygens (including phenoxy) is 2. The summed E-state index contributed by atoms with van der Waals surface area (Å²) in [5, 5.41) is 4.87. The van der Waals surface area contributed by atoms with Gasteiger partial charge in [0.25, 0.3) is 0 Å². The predicted octanol–water partition coefficient (Wildman–Crippen LogP) is 6.06. The third kappa shape index (κ3) is 5.46. The van der Waals surface area contributed by atoms with Crippen LogP contribution in [0.15, 0.2) is 54.6 Å². The van der Waals surface area contributed by atoms with Gasteiger partial charge in [0.15, 0.2) is 0 Å². The molecular weight excluding hydrogens is 457 g/mol. The quantitative estimate of drug-likeness (QED) is 0.365. The van der Waals surface area contributed by atoms with Gasteiger partial charge in [0.2, 0.25) is 11.8 Å². The van der Waals surface area contributed by atoms with Gasteiger partial charge in [-0.3, -0.25) is 4.79 Å². The number of carbonyl (C=O) groups excluding carboxylic acids is 1. The van der Waals surface area contributed by atoms with E-state index in [1.54, 1.807) is 16.8 Å². The van der Waals surface area contributed by atoms with Gasteiger partial charge in [-0.2, -0.15) is 5.10 Å². The van der Waals surface area contributed by atoms with E-state index >= 15 is 0 Å². The van der Waals surface area contributed by atoms with E-state index in [0.29, 0.717) is 36.8 Å². The number of aryl methyl sites for hydroxylation is 1. The molecule has 2 aliphatic rings. The van der Waals surface area contributed by atoms with Crippen LogP contribution in [0, 0.1) is 11.7 Å². The number of aromatic nitrogens is 2. The highest BCUT2D eigenvalue weighted by atomic mass is 19.1. The molecule has 1 saturated heterocycles. The van der Waals surface area contributed by atoms with Gasteiger partial charge >= 0.3 is 0 Å². The van der Waals surface area contributed by atoms with Crippen LogP contribution in [0.1, 0.15) is 56.7 Å². The molecule has 6 nitrogen and oxygen atoms in total. The molecule has 3 aromatic rings. The molecule has 1 aromatic heterocycles. The molecule has 1 saturated carbocycles. The van der Waals surface area contributed by atoms with Gasteiger partial charge in [-0.1, -0.05) is 38.0 Å². The van der Waals surface area contributed by atoms with Crippen LogP contribution >= 0.6 is 0 Å². The van der Waals surface area contributed by atoms with E-state index in [9.17, 15) is 9.18 Å². The van der Waals surface area contributed by atoms with E-state index in [1.165, 1.54) is 12.1 Å². The Morgan fingerprint density at radius 3 is 2.50 bits per heavy atom. The average Bonchev–Trinajstić information content (AvgIpc) is 3.67. The third-order valence-electron chi connectivity index (χ3n) is 7.20. The van der Waals surface area contributed by atoms with Crippen molar-refractivity contribution in [3.8, 4) is 17.3 Å². The maximum absolute atomic E-state index is 13.7. The predicted molar refractivity (Wildman–Crippen MR) is 136 cm³/mol. The van der Waals surface area contributed by atoms with Gasteiger partial charge in [-0.15, -0.1) is 0 Å². The summed E-state index contributed by atoms with van der Waals surface area (Å²) in [6.45, 7) is 3.78. The van der Waals surface area contributed by atoms with Crippen molar-refractivity contribution < 1.29 is 18.7 Å². The number of benzene rings is 2. The van der Waals surface area contributed by atoms with Crippen molar-refractivity contribution in [1.82, 2.24) is 14.7 Å². The molecule has 1 amide bonds. The average molecular weight is 492 g/mol. The fraction of sp³-hybridized carbons (Fsp3) is 0.448. The summed E-state index contributed by atoms with van der Waals surface area (Å²) in [6.07, 6.45) is 6.85. The molecule has 0 bridgehead atoms. The highest BCUT2D eigenvalue weighted by Gasteiger charge is 2.32. The molecule has 2 heterocycles. The second-order valence-corrected chi connectivity index (χ2v) is 9.72. The first kappa shape index (κ1) is 24.5. The Labute approximate surface area is 212 Å². The molecule has 36 heavy (non-hydrogen) atoms. The number of carbonyl (C=O) groups is 1. The Balaban J connectivity index is 1.54. The van der Waals surface area contributed by atoms with E-state index in [2.05, 4.69) is 6.92 Å². The van der Waals surface area contributed by atoms with Crippen LogP contribution in [-0.4, -0.2) is 39.8 Å². The first-order chi connectivity index (χ1) is 17.6. The molecule has 1 atom stereocenters. The molecular formula is C29H34FN3O3. The second kappa shape index (κ2) is 11.2. The number of para-hydroxylation sites is 1. The van der Waals surface area contributed by atoms with Gasteiger partial charge in [-0.25, -0.2) is 9.07 Å². The van der Waals surface area contributed by atoms with Crippen molar-refractivity contribution in [2.75, 3.05) is 13.2 Å². The van der Waals surface area contributed by atoms with Crippen molar-refractivity contribution in [2.24, 2.45) is 5.92 Å². The summed E-state index contributed by atoms with van der Waals surface area (Å²) in [7, 11) is 0. The fourth-order valence-electron chi connectivity index (χ4n) is 5.27. The molecule has 1 aliphatic carbocycles. The van der Waals surface area contributed by atoms with Crippen molar-refractivity contribution in [3.05, 3.63) is 71.7 Å². The molecule has 0 N–H and O–H groups in total. The molecule has 7 heteroatoms. The first-order valence-electron chi connectivity index (χ1n) is 13.1. The maximum Gasteiger partial charge on any atom is 0.227 e. The number of nitrogens with zero attached hydrogens (tertiary/aromatic N) is 3. The van der Waals surface area contributed by atoms with Crippen LogP contribution in [0.4, 0.5) is 4.39 Å². The van der Waals surface area contributed by atoms with E-state index in [0.717, 1.165) is 56.4 Å². The monoisotopic (exact) mass is 491 g/mol. The third-order valence-corrected chi connectivity index (χ3v) is 7.20. The zero-order chi connectivity index (χ0) is 24.9. The normalized spacial score (nSPS) is 18.0. The first-order valence-corrected chi connectivity index (χ1v) is 13.1. The summed E-state index contributed by atoms with van der Waals surface area (Å²) in [4.78, 5) is 15.6. The number of hydrogen-bond acceptors (Lipinski definition) is 4. The van der Waals surface area contributed by atoms with Gasteiger partial charge in [0.05, 0.1) is 29.6 Å². The summed E-state index contributed by atoms with van der Waals surface area (Å²) < 4.78 is 27.8. The van der Waals surface area contributed by atoms with Gasteiger partial charge in [0, 0.05) is 19.1 Å². The van der Waals surface area contributed by atoms with Crippen LogP contribution in [0.2, 0.25) is 0 Å². The van der Waals surface area contributed by atoms with E-state index in [4.69, 9.17) is 14.6 Å². The number of amides is 1. The molecule has 1 aliphatic heterocycles. The standard InChI is InChI=1S/C29H34FN3O3/c1-2-27-26(20-32(19-25-13-8-18-35-25)28(34)21-9-6-7-10-21)29(36-24-11-4-3-5-12-24)33(31-27)23-16-14-22(30)15-17-23/h3-5,11-12,14-17,21,25H,2,6-10,13,18-20H2,1H3. The van der Waals surface area contributed by atoms with Crippen LogP contribution in [-0.2, 0) is 22.5 Å². The van der Waals surface area contributed by atoms with Gasteiger partial charge in [-0.05, 0) is 68.5 Å². The topological polar surface area (TPSA) is 56.6 Å². The summed E-state index contributed by atoms with van der Waals surface area (Å²) in [6, 6.07) is 15.8. The van der Waals surface area contributed by atoms with E-state index in [-0.39, 0.29) is 23.7 Å². The fourth-order valence-corrected chi connectivity index (χ4v) is 5.27. The molecule has 1 unspecified atom stereocenters. The summed E-state index contributed by atoms with van der Waals surface area (Å²) >= 11 is 0. The smallest absolute Gasteiger partial charge is 0.227 e. The number of rotatable bonds is 9. The Kier molecular flexibility index (Phi) is 7.66.